The largest absolute Gasteiger partial charge is 0.237 e. The second kappa shape index (κ2) is 3.05. The Morgan fingerprint density at radius 2 is 1.60 bits per heavy atom. The summed E-state index contributed by atoms with van der Waals surface area (Å²) in [5, 5.41) is 10.8. The molecule has 0 aliphatic rings. The second-order valence-electron chi connectivity index (χ2n) is 4.59. The Labute approximate surface area is 65.5 Å². The van der Waals surface area contributed by atoms with Gasteiger partial charge in [0.1, 0.15) is 0 Å². The van der Waals surface area contributed by atoms with E-state index in [0.29, 0.717) is 5.04 Å². The zero-order chi connectivity index (χ0) is 8.41. The van der Waals surface area contributed by atoms with Gasteiger partial charge in [-0.1, -0.05) is 33.9 Å². The highest BCUT2D eigenvalue weighted by molar-refractivity contribution is 6.80. The molecule has 1 nitrogen and oxygen atoms in total. The quantitative estimate of drug-likeness (QED) is 0.552. The summed E-state index contributed by atoms with van der Waals surface area (Å²) in [4.78, 5) is 0. The van der Waals surface area contributed by atoms with Crippen LogP contribution in [0.5, 0.6) is 0 Å². The van der Waals surface area contributed by atoms with Crippen molar-refractivity contribution >= 4 is 8.07 Å². The SMILES string of the molecule is CC(C)(C)[Si](C)(C)CC[O]. The molecule has 2 heteroatoms. The van der Waals surface area contributed by atoms with Crippen molar-refractivity contribution in [1.29, 1.82) is 0 Å². The summed E-state index contributed by atoms with van der Waals surface area (Å²) >= 11 is 0. The highest BCUT2D eigenvalue weighted by atomic mass is 28.3. The summed E-state index contributed by atoms with van der Waals surface area (Å²) in [5.41, 5.74) is 0. The molecule has 0 bridgehead atoms. The van der Waals surface area contributed by atoms with Crippen molar-refractivity contribution in [3.05, 3.63) is 0 Å². The van der Waals surface area contributed by atoms with Gasteiger partial charge in [0.2, 0.25) is 0 Å². The molecule has 61 valence electrons. The fourth-order valence-electron chi connectivity index (χ4n) is 0.630. The summed E-state index contributed by atoms with van der Waals surface area (Å²) in [6, 6.07) is 0.913. The van der Waals surface area contributed by atoms with Crippen LogP contribution in [0.4, 0.5) is 0 Å². The number of rotatable bonds is 2. The molecule has 0 aromatic rings. The van der Waals surface area contributed by atoms with Crippen molar-refractivity contribution in [2.45, 2.75) is 44.9 Å². The molecule has 0 N–H and O–H groups in total. The molecule has 0 fully saturated rings. The lowest BCUT2D eigenvalue weighted by atomic mass is 10.2. The van der Waals surface area contributed by atoms with Crippen LogP contribution >= 0.6 is 0 Å². The Kier molecular flexibility index (Phi) is 3.11. The molecule has 0 aliphatic heterocycles. The van der Waals surface area contributed by atoms with E-state index in [0.717, 1.165) is 6.04 Å². The molecule has 10 heavy (non-hydrogen) atoms. The van der Waals surface area contributed by atoms with Crippen molar-refractivity contribution in [3.63, 3.8) is 0 Å². The first-order chi connectivity index (χ1) is 4.31. The van der Waals surface area contributed by atoms with Crippen molar-refractivity contribution < 1.29 is 5.11 Å². The molecule has 0 heterocycles. The van der Waals surface area contributed by atoms with Gasteiger partial charge in [-0.05, 0) is 11.1 Å². The van der Waals surface area contributed by atoms with E-state index in [4.69, 9.17) is 0 Å². The first kappa shape index (κ1) is 10.2. The third-order valence-corrected chi connectivity index (χ3v) is 8.27. The van der Waals surface area contributed by atoms with Crippen molar-refractivity contribution in [3.8, 4) is 0 Å². The Bertz CT molecular complexity index is 102. The minimum Gasteiger partial charge on any atom is -0.237 e. The zero-order valence-electron chi connectivity index (χ0n) is 7.82. The van der Waals surface area contributed by atoms with Crippen LogP contribution in [-0.4, -0.2) is 14.7 Å². The van der Waals surface area contributed by atoms with Crippen LogP contribution in [0.15, 0.2) is 0 Å². The standard InChI is InChI=1S/C8H19OSi/c1-8(2,3)10(4,5)7-6-9/h6-7H2,1-5H3. The van der Waals surface area contributed by atoms with Crippen molar-refractivity contribution in [1.82, 2.24) is 0 Å². The van der Waals surface area contributed by atoms with Gasteiger partial charge in [-0.15, -0.1) is 0 Å². The van der Waals surface area contributed by atoms with Crippen LogP contribution in [-0.2, 0) is 5.11 Å². The van der Waals surface area contributed by atoms with E-state index < -0.39 is 8.07 Å². The van der Waals surface area contributed by atoms with Crippen LogP contribution in [0.3, 0.4) is 0 Å². The molecular weight excluding hydrogens is 140 g/mol. The molecule has 0 unspecified atom stereocenters. The molecule has 0 saturated carbocycles. The van der Waals surface area contributed by atoms with E-state index in [1.807, 2.05) is 0 Å². The highest BCUT2D eigenvalue weighted by Gasteiger charge is 2.33. The van der Waals surface area contributed by atoms with Gasteiger partial charge in [0.05, 0.1) is 14.7 Å². The van der Waals surface area contributed by atoms with Gasteiger partial charge in [0.15, 0.2) is 0 Å². The van der Waals surface area contributed by atoms with E-state index in [2.05, 4.69) is 33.9 Å². The monoisotopic (exact) mass is 159 g/mol. The van der Waals surface area contributed by atoms with E-state index >= 15 is 0 Å². The smallest absolute Gasteiger partial charge is 0.0799 e. The number of hydrogen-bond acceptors (Lipinski definition) is 0. The van der Waals surface area contributed by atoms with Crippen molar-refractivity contribution in [2.24, 2.45) is 0 Å². The fraction of sp³-hybridized carbons (Fsp3) is 1.00. The van der Waals surface area contributed by atoms with Crippen LogP contribution in [0, 0.1) is 0 Å². The molecule has 1 radical (unpaired) electrons. The molecule has 0 spiro atoms. The molecule has 0 amide bonds. The average Bonchev–Trinajstić information content (AvgIpc) is 1.61. The fourth-order valence-corrected chi connectivity index (χ4v) is 1.89. The maximum Gasteiger partial charge on any atom is 0.0799 e. The van der Waals surface area contributed by atoms with Crippen LogP contribution < -0.4 is 0 Å². The minimum atomic E-state index is -1.22. The van der Waals surface area contributed by atoms with Crippen molar-refractivity contribution in [2.75, 3.05) is 6.61 Å². The highest BCUT2D eigenvalue weighted by Crippen LogP contribution is 2.38. The maximum absolute atomic E-state index is 10.4. The van der Waals surface area contributed by atoms with Gasteiger partial charge in [-0.2, -0.15) is 0 Å². The van der Waals surface area contributed by atoms with Crippen LogP contribution in [0.25, 0.3) is 0 Å². The topological polar surface area (TPSA) is 19.9 Å². The first-order valence-electron chi connectivity index (χ1n) is 3.89. The van der Waals surface area contributed by atoms with Crippen LogP contribution in [0.2, 0.25) is 24.2 Å². The average molecular weight is 159 g/mol. The summed E-state index contributed by atoms with van der Waals surface area (Å²) in [5.74, 6) is 0. The van der Waals surface area contributed by atoms with E-state index in [1.54, 1.807) is 0 Å². The molecule has 0 saturated heterocycles. The number of hydrogen-bond donors (Lipinski definition) is 0. The Morgan fingerprint density at radius 3 is 1.70 bits per heavy atom. The van der Waals surface area contributed by atoms with Gasteiger partial charge in [-0.25, -0.2) is 5.11 Å². The van der Waals surface area contributed by atoms with Crippen LogP contribution in [0.1, 0.15) is 20.8 Å². The third kappa shape index (κ3) is 2.43. The molecule has 0 aromatic heterocycles. The Morgan fingerprint density at radius 1 is 1.20 bits per heavy atom. The molecule has 0 aliphatic carbocycles. The molecule has 0 aromatic carbocycles. The lowest BCUT2D eigenvalue weighted by Crippen LogP contribution is -2.37. The third-order valence-electron chi connectivity index (χ3n) is 2.76. The van der Waals surface area contributed by atoms with Gasteiger partial charge in [-0.3, -0.25) is 0 Å². The zero-order valence-corrected chi connectivity index (χ0v) is 8.82. The summed E-state index contributed by atoms with van der Waals surface area (Å²) in [6.07, 6.45) is 0. The van der Waals surface area contributed by atoms with Gasteiger partial charge in [0, 0.05) is 0 Å². The predicted octanol–water partition coefficient (Wildman–Crippen LogP) is 2.93. The summed E-state index contributed by atoms with van der Waals surface area (Å²) in [6.45, 7) is 11.4. The summed E-state index contributed by atoms with van der Waals surface area (Å²) < 4.78 is 0. The lowest BCUT2D eigenvalue weighted by molar-refractivity contribution is 0.209. The van der Waals surface area contributed by atoms with E-state index in [9.17, 15) is 5.11 Å². The van der Waals surface area contributed by atoms with E-state index in [-0.39, 0.29) is 6.61 Å². The summed E-state index contributed by atoms with van der Waals surface area (Å²) in [7, 11) is -1.22. The van der Waals surface area contributed by atoms with Gasteiger partial charge in [0.25, 0.3) is 0 Å². The maximum atomic E-state index is 10.4. The van der Waals surface area contributed by atoms with E-state index in [1.165, 1.54) is 0 Å². The molecule has 0 atom stereocenters. The first-order valence-corrected chi connectivity index (χ1v) is 7.10. The molecule has 0 rings (SSSR count). The minimum absolute atomic E-state index is 0.108. The Balaban J connectivity index is 4.10. The normalized spacial score (nSPS) is 13.8. The lowest BCUT2D eigenvalue weighted by Gasteiger charge is -2.36. The van der Waals surface area contributed by atoms with Gasteiger partial charge < -0.3 is 0 Å². The molecular formula is C8H19OSi. The Hall–Kier alpha value is 0.177. The predicted molar refractivity (Wildman–Crippen MR) is 47.6 cm³/mol. The second-order valence-corrected chi connectivity index (χ2v) is 10.4. The van der Waals surface area contributed by atoms with Gasteiger partial charge >= 0.3 is 0 Å².